The first-order chi connectivity index (χ1) is 0. The molecule has 0 unspecified atom stereocenters. The summed E-state index contributed by atoms with van der Waals surface area (Å²) >= 11 is 0. The molecule has 8 heavy (non-hydrogen) atoms. The van der Waals surface area contributed by atoms with Crippen molar-refractivity contribution in [1.82, 2.24) is 0 Å². The van der Waals surface area contributed by atoms with E-state index in [2.05, 4.69) is 0 Å². The quantitative estimate of drug-likeness (QED) is 0.326. The molecule has 0 aromatic rings. The van der Waals surface area contributed by atoms with Crippen LogP contribution in [-0.4, -0.2) is 21.9 Å². The molecule has 0 saturated carbocycles. The first-order valence-electron chi connectivity index (χ1n) is 0. The van der Waals surface area contributed by atoms with E-state index in [1.165, 1.54) is 0 Å². The molecule has 0 bridgehead atoms. The van der Waals surface area contributed by atoms with Crippen LogP contribution in [0.4, 0.5) is 0 Å². The van der Waals surface area contributed by atoms with Gasteiger partial charge >= 0.3 is 118 Å². The standard InChI is InChI=1S/4Na.4H2O/h;;;;4*1H2/q4*+1;;;;/p-4. The Hall–Kier alpha value is 3.84. The number of hydrogen-bond donors (Lipinski definition) is 0. The molecule has 0 aromatic carbocycles. The topological polar surface area (TPSA) is 120 Å². The van der Waals surface area contributed by atoms with Gasteiger partial charge < -0.3 is 21.9 Å². The van der Waals surface area contributed by atoms with Crippen molar-refractivity contribution in [3.05, 3.63) is 0 Å². The Morgan fingerprint density at radius 2 is 0.250 bits per heavy atom. The van der Waals surface area contributed by atoms with Gasteiger partial charge in [-0.2, -0.15) is 0 Å². The van der Waals surface area contributed by atoms with E-state index in [1.807, 2.05) is 0 Å². The Bertz CT molecular complexity index is 8.00. The fourth-order valence-electron chi connectivity index (χ4n) is 0. The SMILES string of the molecule is [Na+].[Na+].[Na+].[Na+].[OH-].[OH-].[OH-].[OH-]. The molecule has 0 heterocycles. The summed E-state index contributed by atoms with van der Waals surface area (Å²) in [5.74, 6) is 0. The molecule has 32 valence electrons. The van der Waals surface area contributed by atoms with Crippen LogP contribution in [0.15, 0.2) is 0 Å². The minimum absolute atomic E-state index is 0. The first kappa shape index (κ1) is 94.4. The molecule has 0 saturated heterocycles. The molecule has 0 spiro atoms. The number of hydrogen-bond acceptors (Lipinski definition) is 4. The van der Waals surface area contributed by atoms with E-state index in [4.69, 9.17) is 0 Å². The maximum atomic E-state index is 0. The van der Waals surface area contributed by atoms with E-state index in [1.54, 1.807) is 0 Å². The predicted octanol–water partition coefficient (Wildman–Crippen LogP) is -12.7. The Kier molecular flexibility index (Phi) is 839. The fraction of sp³-hybridized carbons (Fsp3) is 0. The van der Waals surface area contributed by atoms with E-state index < -0.39 is 0 Å². The van der Waals surface area contributed by atoms with Gasteiger partial charge in [0, 0.05) is 0 Å². The zero-order chi connectivity index (χ0) is 0. The molecule has 0 rings (SSSR count). The summed E-state index contributed by atoms with van der Waals surface area (Å²) in [6.07, 6.45) is 0. The predicted molar refractivity (Wildman–Crippen MR) is 7.74 cm³/mol. The molecule has 0 aliphatic carbocycles. The molecule has 0 aliphatic rings. The van der Waals surface area contributed by atoms with Crippen molar-refractivity contribution < 1.29 is 140 Å². The fourth-order valence-corrected chi connectivity index (χ4v) is 0. The van der Waals surface area contributed by atoms with E-state index in [0.29, 0.717) is 0 Å². The van der Waals surface area contributed by atoms with Gasteiger partial charge in [0.05, 0.1) is 0 Å². The zero-order valence-corrected chi connectivity index (χ0v) is 13.8. The first-order valence-corrected chi connectivity index (χ1v) is 0. The molecule has 0 aliphatic heterocycles. The third-order valence-corrected chi connectivity index (χ3v) is 0. The summed E-state index contributed by atoms with van der Waals surface area (Å²) in [4.78, 5) is 0. The van der Waals surface area contributed by atoms with Gasteiger partial charge in [0.25, 0.3) is 0 Å². The Balaban J connectivity index is 0. The van der Waals surface area contributed by atoms with Crippen LogP contribution in [-0.2, 0) is 0 Å². The summed E-state index contributed by atoms with van der Waals surface area (Å²) < 4.78 is 0. The van der Waals surface area contributed by atoms with E-state index in [0.717, 1.165) is 0 Å². The minimum Gasteiger partial charge on any atom is -0.870 e. The zero-order valence-electron chi connectivity index (χ0n) is 5.79. The second kappa shape index (κ2) is 71.2. The molecule has 0 aromatic heterocycles. The molecular weight excluding hydrogens is 156 g/mol. The van der Waals surface area contributed by atoms with Gasteiger partial charge in [-0.05, 0) is 0 Å². The van der Waals surface area contributed by atoms with Crippen molar-refractivity contribution in [3.63, 3.8) is 0 Å². The van der Waals surface area contributed by atoms with E-state index >= 15 is 0 Å². The Morgan fingerprint density at radius 1 is 0.250 bits per heavy atom. The maximum Gasteiger partial charge on any atom is 1.00 e. The van der Waals surface area contributed by atoms with Crippen LogP contribution >= 0.6 is 0 Å². The number of rotatable bonds is 0. The average molecular weight is 160 g/mol. The van der Waals surface area contributed by atoms with E-state index in [9.17, 15) is 0 Å². The van der Waals surface area contributed by atoms with Gasteiger partial charge in [0.15, 0.2) is 0 Å². The monoisotopic (exact) mass is 160 g/mol. The summed E-state index contributed by atoms with van der Waals surface area (Å²) in [6.45, 7) is 0. The van der Waals surface area contributed by atoms with Gasteiger partial charge in [-0.1, -0.05) is 0 Å². The van der Waals surface area contributed by atoms with E-state index in [-0.39, 0.29) is 140 Å². The van der Waals surface area contributed by atoms with Crippen LogP contribution in [0.5, 0.6) is 0 Å². The normalized spacial score (nSPS) is 0. The third kappa shape index (κ3) is 52.1. The molecule has 0 atom stereocenters. The van der Waals surface area contributed by atoms with Crippen LogP contribution in [0.1, 0.15) is 0 Å². The second-order valence-corrected chi connectivity index (χ2v) is 0. The van der Waals surface area contributed by atoms with Crippen molar-refractivity contribution in [2.24, 2.45) is 0 Å². The van der Waals surface area contributed by atoms with Crippen LogP contribution < -0.4 is 118 Å². The molecule has 0 fully saturated rings. The molecule has 0 radical (unpaired) electrons. The van der Waals surface area contributed by atoms with Gasteiger partial charge in [0.2, 0.25) is 0 Å². The average Bonchev–Trinajstić information content (AvgIpc) is 0. The van der Waals surface area contributed by atoms with Gasteiger partial charge in [-0.25, -0.2) is 0 Å². The van der Waals surface area contributed by atoms with Gasteiger partial charge in [-0.3, -0.25) is 0 Å². The third-order valence-electron chi connectivity index (χ3n) is 0. The smallest absolute Gasteiger partial charge is 0.870 e. The van der Waals surface area contributed by atoms with Gasteiger partial charge in [0.1, 0.15) is 0 Å². The largest absolute Gasteiger partial charge is 1.00 e. The summed E-state index contributed by atoms with van der Waals surface area (Å²) in [5, 5.41) is 0. The molecule has 0 amide bonds. The second-order valence-electron chi connectivity index (χ2n) is 0. The van der Waals surface area contributed by atoms with Crippen LogP contribution in [0.25, 0.3) is 0 Å². The molecule has 8 heteroatoms. The van der Waals surface area contributed by atoms with Crippen molar-refractivity contribution in [2.75, 3.05) is 0 Å². The van der Waals surface area contributed by atoms with Crippen molar-refractivity contribution >= 4 is 0 Å². The minimum atomic E-state index is 0. The molecule has 4 nitrogen and oxygen atoms in total. The summed E-state index contributed by atoms with van der Waals surface area (Å²) in [5.41, 5.74) is 0. The summed E-state index contributed by atoms with van der Waals surface area (Å²) in [6, 6.07) is 0. The Labute approximate surface area is 137 Å². The van der Waals surface area contributed by atoms with Crippen molar-refractivity contribution in [3.8, 4) is 0 Å². The van der Waals surface area contributed by atoms with Crippen LogP contribution in [0.3, 0.4) is 0 Å². The molecule has 4 N–H and O–H groups in total. The van der Waals surface area contributed by atoms with Gasteiger partial charge in [-0.15, -0.1) is 0 Å². The summed E-state index contributed by atoms with van der Waals surface area (Å²) in [7, 11) is 0. The van der Waals surface area contributed by atoms with Crippen molar-refractivity contribution in [2.45, 2.75) is 0 Å². The molecular formula is H4Na4O4. The van der Waals surface area contributed by atoms with Crippen molar-refractivity contribution in [1.29, 1.82) is 0 Å². The van der Waals surface area contributed by atoms with Crippen LogP contribution in [0.2, 0.25) is 0 Å². The Morgan fingerprint density at radius 3 is 0.250 bits per heavy atom. The van der Waals surface area contributed by atoms with Crippen LogP contribution in [0, 0.1) is 0 Å². The maximum absolute atomic E-state index is 0.